The lowest BCUT2D eigenvalue weighted by atomic mass is 10.1. The minimum absolute atomic E-state index is 0.104. The van der Waals surface area contributed by atoms with Crippen LogP contribution in [-0.4, -0.2) is 27.3 Å². The molecule has 0 aromatic carbocycles. The predicted octanol–water partition coefficient (Wildman–Crippen LogP) is 3.61. The maximum atomic E-state index is 11.8. The van der Waals surface area contributed by atoms with E-state index in [-0.39, 0.29) is 12.1 Å². The third kappa shape index (κ3) is 4.61. The Morgan fingerprint density at radius 3 is 2.86 bits per heavy atom. The van der Waals surface area contributed by atoms with E-state index in [1.54, 1.807) is 0 Å². The lowest BCUT2D eigenvalue weighted by molar-refractivity contribution is 0.0507. The van der Waals surface area contributed by atoms with Crippen LogP contribution in [-0.2, 0) is 11.3 Å². The number of ether oxygens (including phenoxy) is 1. The van der Waals surface area contributed by atoms with E-state index in [0.717, 1.165) is 25.1 Å². The quantitative estimate of drug-likeness (QED) is 0.924. The van der Waals surface area contributed by atoms with Crippen LogP contribution in [0.4, 0.5) is 4.79 Å². The van der Waals surface area contributed by atoms with Crippen LogP contribution in [0.25, 0.3) is 5.57 Å². The summed E-state index contributed by atoms with van der Waals surface area (Å²) in [5.74, 6) is 0.575. The Bertz CT molecular complexity index is 552. The first-order valence-electron chi connectivity index (χ1n) is 7.93. The van der Waals surface area contributed by atoms with Crippen LogP contribution < -0.4 is 5.32 Å². The Morgan fingerprint density at radius 2 is 2.23 bits per heavy atom. The third-order valence-corrected chi connectivity index (χ3v) is 3.44. The number of imidazole rings is 1. The summed E-state index contributed by atoms with van der Waals surface area (Å²) in [5.41, 5.74) is 1.94. The monoisotopic (exact) mass is 305 g/mol. The number of amides is 1. The predicted molar refractivity (Wildman–Crippen MR) is 87.4 cm³/mol. The van der Waals surface area contributed by atoms with Gasteiger partial charge in [-0.15, -0.1) is 0 Å². The molecule has 0 saturated carbocycles. The van der Waals surface area contributed by atoms with Crippen molar-refractivity contribution in [2.75, 3.05) is 0 Å². The van der Waals surface area contributed by atoms with Gasteiger partial charge in [0.2, 0.25) is 0 Å². The van der Waals surface area contributed by atoms with Crippen molar-refractivity contribution in [3.05, 3.63) is 24.3 Å². The van der Waals surface area contributed by atoms with Gasteiger partial charge < -0.3 is 14.6 Å². The van der Waals surface area contributed by atoms with Gasteiger partial charge in [0.25, 0.3) is 0 Å². The normalized spacial score (nSPS) is 18.5. The number of alkyl carbamates (subject to hydrolysis) is 1. The van der Waals surface area contributed by atoms with Gasteiger partial charge in [-0.1, -0.05) is 19.9 Å². The fourth-order valence-electron chi connectivity index (χ4n) is 2.64. The molecular weight excluding hydrogens is 278 g/mol. The molecule has 2 rings (SSSR count). The summed E-state index contributed by atoms with van der Waals surface area (Å²) in [6, 6.07) is 0.104. The molecule has 1 aliphatic carbocycles. The van der Waals surface area contributed by atoms with Crippen LogP contribution in [0.3, 0.4) is 0 Å². The first-order chi connectivity index (χ1) is 10.2. The number of nitrogens with zero attached hydrogens (tertiary/aromatic N) is 2. The minimum Gasteiger partial charge on any atom is -0.444 e. The van der Waals surface area contributed by atoms with E-state index in [0.29, 0.717) is 5.92 Å². The second-order valence-electron chi connectivity index (χ2n) is 7.34. The Kier molecular flexibility index (Phi) is 4.94. The van der Waals surface area contributed by atoms with Gasteiger partial charge in [0, 0.05) is 12.6 Å². The van der Waals surface area contributed by atoms with Crippen LogP contribution in [0.2, 0.25) is 0 Å². The first kappa shape index (κ1) is 16.6. The second-order valence-corrected chi connectivity index (χ2v) is 7.34. The molecule has 22 heavy (non-hydrogen) atoms. The fraction of sp³-hybridized carbons (Fsp3) is 0.647. The van der Waals surface area contributed by atoms with Crippen LogP contribution in [0.5, 0.6) is 0 Å². The van der Waals surface area contributed by atoms with Crippen molar-refractivity contribution in [3.63, 3.8) is 0 Å². The van der Waals surface area contributed by atoms with Crippen LogP contribution >= 0.6 is 0 Å². The molecule has 1 N–H and O–H groups in total. The zero-order valence-electron chi connectivity index (χ0n) is 14.2. The zero-order valence-corrected chi connectivity index (χ0v) is 14.2. The van der Waals surface area contributed by atoms with Gasteiger partial charge in [-0.3, -0.25) is 0 Å². The molecule has 5 heteroatoms. The Morgan fingerprint density at radius 1 is 1.50 bits per heavy atom. The largest absolute Gasteiger partial charge is 0.444 e. The Hall–Kier alpha value is -1.78. The molecule has 1 aliphatic rings. The number of carbonyl (C=O) groups is 1. The van der Waals surface area contributed by atoms with E-state index in [2.05, 4.69) is 34.8 Å². The van der Waals surface area contributed by atoms with Gasteiger partial charge in [-0.25, -0.2) is 9.78 Å². The molecule has 0 bridgehead atoms. The SMILES string of the molecule is CC(C)Cn1cncc1C1=CCC(NC(=O)OC(C)(C)C)C1. The molecule has 1 atom stereocenters. The van der Waals surface area contributed by atoms with E-state index in [1.807, 2.05) is 33.3 Å². The number of hydrogen-bond acceptors (Lipinski definition) is 3. The number of hydrogen-bond donors (Lipinski definition) is 1. The van der Waals surface area contributed by atoms with Gasteiger partial charge >= 0.3 is 6.09 Å². The van der Waals surface area contributed by atoms with E-state index in [1.165, 1.54) is 5.57 Å². The fourth-order valence-corrected chi connectivity index (χ4v) is 2.64. The topological polar surface area (TPSA) is 56.2 Å². The number of aromatic nitrogens is 2. The number of rotatable bonds is 4. The van der Waals surface area contributed by atoms with Crippen molar-refractivity contribution >= 4 is 11.7 Å². The molecular formula is C17H27N3O2. The molecule has 5 nitrogen and oxygen atoms in total. The molecule has 1 heterocycles. The second kappa shape index (κ2) is 6.55. The van der Waals surface area contributed by atoms with Crippen LogP contribution in [0, 0.1) is 5.92 Å². The van der Waals surface area contributed by atoms with Crippen LogP contribution in [0.1, 0.15) is 53.2 Å². The van der Waals surface area contributed by atoms with Gasteiger partial charge in [0.05, 0.1) is 18.2 Å². The van der Waals surface area contributed by atoms with E-state index in [4.69, 9.17) is 4.74 Å². The van der Waals surface area contributed by atoms with Crippen molar-refractivity contribution in [2.24, 2.45) is 5.92 Å². The molecule has 1 aromatic heterocycles. The highest BCUT2D eigenvalue weighted by molar-refractivity contribution is 5.71. The summed E-state index contributed by atoms with van der Waals surface area (Å²) in [7, 11) is 0. The molecule has 0 saturated heterocycles. The average molecular weight is 305 g/mol. The minimum atomic E-state index is -0.463. The molecule has 0 radical (unpaired) electrons. The third-order valence-electron chi connectivity index (χ3n) is 3.44. The molecule has 0 fully saturated rings. The lowest BCUT2D eigenvalue weighted by Gasteiger charge is -2.22. The first-order valence-corrected chi connectivity index (χ1v) is 7.93. The van der Waals surface area contributed by atoms with Gasteiger partial charge in [-0.05, 0) is 45.1 Å². The molecule has 1 amide bonds. The molecule has 1 aromatic rings. The van der Waals surface area contributed by atoms with E-state index >= 15 is 0 Å². The summed E-state index contributed by atoms with van der Waals surface area (Å²) >= 11 is 0. The van der Waals surface area contributed by atoms with E-state index in [9.17, 15) is 4.79 Å². The standard InChI is InChI=1S/C17H27N3O2/c1-12(2)10-20-11-18-9-15(20)13-6-7-14(8-13)19-16(21)22-17(3,4)5/h6,9,11-12,14H,7-8,10H2,1-5H3,(H,19,21). The van der Waals surface area contributed by atoms with Gasteiger partial charge in [0.1, 0.15) is 5.60 Å². The lowest BCUT2D eigenvalue weighted by Crippen LogP contribution is -2.38. The number of carbonyl (C=O) groups excluding carboxylic acids is 1. The van der Waals surface area contributed by atoms with Crippen molar-refractivity contribution in [3.8, 4) is 0 Å². The number of nitrogens with one attached hydrogen (secondary N) is 1. The van der Waals surface area contributed by atoms with Crippen molar-refractivity contribution in [2.45, 2.75) is 65.6 Å². The highest BCUT2D eigenvalue weighted by Gasteiger charge is 2.24. The summed E-state index contributed by atoms with van der Waals surface area (Å²) in [4.78, 5) is 16.1. The maximum absolute atomic E-state index is 11.8. The molecule has 0 spiro atoms. The molecule has 122 valence electrons. The average Bonchev–Trinajstić information content (AvgIpc) is 2.94. The summed E-state index contributed by atoms with van der Waals surface area (Å²) < 4.78 is 7.50. The summed E-state index contributed by atoms with van der Waals surface area (Å²) in [6.07, 6.45) is 7.29. The molecule has 0 aliphatic heterocycles. The van der Waals surface area contributed by atoms with Crippen molar-refractivity contribution in [1.29, 1.82) is 0 Å². The van der Waals surface area contributed by atoms with Gasteiger partial charge in [0.15, 0.2) is 0 Å². The highest BCUT2D eigenvalue weighted by Crippen LogP contribution is 2.28. The van der Waals surface area contributed by atoms with Crippen LogP contribution in [0.15, 0.2) is 18.6 Å². The summed E-state index contributed by atoms with van der Waals surface area (Å²) in [5, 5.41) is 2.94. The van der Waals surface area contributed by atoms with Crippen molar-refractivity contribution in [1.82, 2.24) is 14.9 Å². The Labute approximate surface area is 132 Å². The van der Waals surface area contributed by atoms with Gasteiger partial charge in [-0.2, -0.15) is 0 Å². The van der Waals surface area contributed by atoms with Crippen molar-refractivity contribution < 1.29 is 9.53 Å². The highest BCUT2D eigenvalue weighted by atomic mass is 16.6. The Balaban J connectivity index is 1.93. The van der Waals surface area contributed by atoms with E-state index < -0.39 is 5.60 Å². The smallest absolute Gasteiger partial charge is 0.407 e. The molecule has 1 unspecified atom stereocenters. The maximum Gasteiger partial charge on any atom is 0.407 e. The zero-order chi connectivity index (χ0) is 16.3. The summed E-state index contributed by atoms with van der Waals surface area (Å²) in [6.45, 7) is 11.0.